The lowest BCUT2D eigenvalue weighted by Crippen LogP contribution is -2.44. The summed E-state index contributed by atoms with van der Waals surface area (Å²) in [4.78, 5) is 11.7. The van der Waals surface area contributed by atoms with Gasteiger partial charge in [0.15, 0.2) is 0 Å². The summed E-state index contributed by atoms with van der Waals surface area (Å²) in [6.07, 6.45) is 0. The zero-order valence-electron chi connectivity index (χ0n) is 11.4. The van der Waals surface area contributed by atoms with E-state index in [-0.39, 0.29) is 23.8 Å². The number of rotatable bonds is 5. The van der Waals surface area contributed by atoms with Gasteiger partial charge in [-0.15, -0.1) is 0 Å². The van der Waals surface area contributed by atoms with Gasteiger partial charge in [0.2, 0.25) is 5.91 Å². The SMILES string of the molecule is Cc1ccc(F)cc1CNC(C)C(=O)NC(C)C. The molecule has 1 aromatic rings. The van der Waals surface area contributed by atoms with Gasteiger partial charge in [-0.2, -0.15) is 0 Å². The van der Waals surface area contributed by atoms with E-state index in [0.717, 1.165) is 11.1 Å². The predicted molar refractivity (Wildman–Crippen MR) is 70.7 cm³/mol. The van der Waals surface area contributed by atoms with Gasteiger partial charge in [0.05, 0.1) is 6.04 Å². The van der Waals surface area contributed by atoms with Gasteiger partial charge in [-0.3, -0.25) is 4.79 Å². The molecule has 0 aliphatic heterocycles. The van der Waals surface area contributed by atoms with Crippen molar-refractivity contribution in [2.75, 3.05) is 0 Å². The Labute approximate surface area is 108 Å². The molecule has 0 bridgehead atoms. The summed E-state index contributed by atoms with van der Waals surface area (Å²) in [6.45, 7) is 8.04. The fourth-order valence-corrected chi connectivity index (χ4v) is 1.60. The summed E-state index contributed by atoms with van der Waals surface area (Å²) >= 11 is 0. The Hall–Kier alpha value is -1.42. The minimum atomic E-state index is -0.296. The third-order valence-electron chi connectivity index (χ3n) is 2.73. The van der Waals surface area contributed by atoms with Crippen LogP contribution in [0, 0.1) is 12.7 Å². The molecule has 0 aromatic heterocycles. The van der Waals surface area contributed by atoms with Crippen molar-refractivity contribution >= 4 is 5.91 Å². The average Bonchev–Trinajstić information content (AvgIpc) is 2.29. The molecule has 0 aliphatic carbocycles. The van der Waals surface area contributed by atoms with Crippen LogP contribution in [-0.2, 0) is 11.3 Å². The first-order valence-electron chi connectivity index (χ1n) is 6.19. The van der Waals surface area contributed by atoms with E-state index in [2.05, 4.69) is 10.6 Å². The minimum absolute atomic E-state index is 0.0425. The molecule has 0 saturated carbocycles. The van der Waals surface area contributed by atoms with Crippen LogP contribution in [0.25, 0.3) is 0 Å². The third-order valence-corrected chi connectivity index (χ3v) is 2.73. The Bertz CT molecular complexity index is 418. The van der Waals surface area contributed by atoms with Gasteiger partial charge >= 0.3 is 0 Å². The predicted octanol–water partition coefficient (Wildman–Crippen LogP) is 2.14. The first kappa shape index (κ1) is 14.6. The van der Waals surface area contributed by atoms with Crippen LogP contribution in [0.2, 0.25) is 0 Å². The number of aryl methyl sites for hydroxylation is 1. The number of halogens is 1. The zero-order valence-corrected chi connectivity index (χ0v) is 11.4. The minimum Gasteiger partial charge on any atom is -0.353 e. The van der Waals surface area contributed by atoms with Crippen LogP contribution in [0.15, 0.2) is 18.2 Å². The van der Waals surface area contributed by atoms with Crippen molar-refractivity contribution in [3.8, 4) is 0 Å². The summed E-state index contributed by atoms with van der Waals surface area (Å²) < 4.78 is 13.1. The second-order valence-corrected chi connectivity index (χ2v) is 4.84. The molecule has 3 nitrogen and oxygen atoms in total. The van der Waals surface area contributed by atoms with E-state index in [0.29, 0.717) is 6.54 Å². The van der Waals surface area contributed by atoms with Gasteiger partial charge in [-0.25, -0.2) is 4.39 Å². The van der Waals surface area contributed by atoms with Gasteiger partial charge < -0.3 is 10.6 Å². The van der Waals surface area contributed by atoms with Crippen molar-refractivity contribution in [2.45, 2.75) is 46.3 Å². The smallest absolute Gasteiger partial charge is 0.237 e. The largest absolute Gasteiger partial charge is 0.353 e. The highest BCUT2D eigenvalue weighted by Crippen LogP contribution is 2.10. The van der Waals surface area contributed by atoms with E-state index in [4.69, 9.17) is 0 Å². The van der Waals surface area contributed by atoms with Crippen molar-refractivity contribution in [3.63, 3.8) is 0 Å². The highest BCUT2D eigenvalue weighted by Gasteiger charge is 2.13. The Morgan fingerprint density at radius 3 is 2.61 bits per heavy atom. The number of carbonyl (C=O) groups excluding carboxylic acids is 1. The maximum atomic E-state index is 13.1. The fraction of sp³-hybridized carbons (Fsp3) is 0.500. The summed E-state index contributed by atoms with van der Waals surface area (Å²) in [7, 11) is 0. The molecule has 1 unspecified atom stereocenters. The van der Waals surface area contributed by atoms with Crippen molar-refractivity contribution < 1.29 is 9.18 Å². The number of hydrogen-bond donors (Lipinski definition) is 2. The topological polar surface area (TPSA) is 41.1 Å². The summed E-state index contributed by atoms with van der Waals surface area (Å²) in [5.41, 5.74) is 1.89. The molecule has 0 saturated heterocycles. The first-order valence-corrected chi connectivity index (χ1v) is 6.19. The lowest BCUT2D eigenvalue weighted by atomic mass is 10.1. The Kier molecular flexibility index (Phi) is 5.28. The average molecular weight is 252 g/mol. The number of carbonyl (C=O) groups is 1. The maximum Gasteiger partial charge on any atom is 0.237 e. The van der Waals surface area contributed by atoms with Gasteiger partial charge in [0, 0.05) is 12.6 Å². The number of benzene rings is 1. The molecule has 100 valence electrons. The van der Waals surface area contributed by atoms with Crippen molar-refractivity contribution in [1.82, 2.24) is 10.6 Å². The molecule has 1 rings (SSSR count). The van der Waals surface area contributed by atoms with Crippen LogP contribution in [0.1, 0.15) is 31.9 Å². The highest BCUT2D eigenvalue weighted by atomic mass is 19.1. The Morgan fingerprint density at radius 1 is 1.33 bits per heavy atom. The number of nitrogens with one attached hydrogen (secondary N) is 2. The summed E-state index contributed by atoms with van der Waals surface area (Å²) in [6, 6.07) is 4.50. The molecule has 1 aromatic carbocycles. The van der Waals surface area contributed by atoms with E-state index in [1.54, 1.807) is 13.0 Å². The lowest BCUT2D eigenvalue weighted by Gasteiger charge is -2.16. The number of amides is 1. The van der Waals surface area contributed by atoms with Crippen molar-refractivity contribution in [2.24, 2.45) is 0 Å². The maximum absolute atomic E-state index is 13.1. The van der Waals surface area contributed by atoms with E-state index in [1.165, 1.54) is 12.1 Å². The summed E-state index contributed by atoms with van der Waals surface area (Å²) in [5, 5.41) is 5.92. The van der Waals surface area contributed by atoms with Gasteiger partial charge in [0.1, 0.15) is 5.82 Å². The van der Waals surface area contributed by atoms with Crippen molar-refractivity contribution in [3.05, 3.63) is 35.1 Å². The normalized spacial score (nSPS) is 12.6. The Balaban J connectivity index is 2.54. The van der Waals surface area contributed by atoms with Crippen LogP contribution in [0.4, 0.5) is 4.39 Å². The van der Waals surface area contributed by atoms with Gasteiger partial charge in [0.25, 0.3) is 0 Å². The molecule has 18 heavy (non-hydrogen) atoms. The zero-order chi connectivity index (χ0) is 13.7. The molecule has 0 spiro atoms. The van der Waals surface area contributed by atoms with E-state index in [1.807, 2.05) is 20.8 Å². The lowest BCUT2D eigenvalue weighted by molar-refractivity contribution is -0.123. The molecule has 0 heterocycles. The fourth-order valence-electron chi connectivity index (χ4n) is 1.60. The van der Waals surface area contributed by atoms with E-state index < -0.39 is 0 Å². The summed E-state index contributed by atoms with van der Waals surface area (Å²) in [5.74, 6) is -0.296. The molecule has 0 aliphatic rings. The molecule has 1 atom stereocenters. The molecular weight excluding hydrogens is 231 g/mol. The standard InChI is InChI=1S/C14H21FN2O/c1-9(2)17-14(18)11(4)16-8-12-7-13(15)6-5-10(12)3/h5-7,9,11,16H,8H2,1-4H3,(H,17,18). The molecule has 1 amide bonds. The van der Waals surface area contributed by atoms with E-state index >= 15 is 0 Å². The van der Waals surface area contributed by atoms with Crippen LogP contribution < -0.4 is 10.6 Å². The van der Waals surface area contributed by atoms with E-state index in [9.17, 15) is 9.18 Å². The molecule has 2 N–H and O–H groups in total. The van der Waals surface area contributed by atoms with Crippen LogP contribution >= 0.6 is 0 Å². The molecule has 0 fully saturated rings. The second kappa shape index (κ2) is 6.50. The highest BCUT2D eigenvalue weighted by molar-refractivity contribution is 5.81. The van der Waals surface area contributed by atoms with Crippen molar-refractivity contribution in [1.29, 1.82) is 0 Å². The van der Waals surface area contributed by atoms with Gasteiger partial charge in [-0.05, 0) is 51.0 Å². The van der Waals surface area contributed by atoms with Gasteiger partial charge in [-0.1, -0.05) is 6.07 Å². The first-order chi connectivity index (χ1) is 8.40. The monoisotopic (exact) mass is 252 g/mol. The van der Waals surface area contributed by atoms with Crippen LogP contribution in [0.3, 0.4) is 0 Å². The quantitative estimate of drug-likeness (QED) is 0.843. The molecule has 4 heteroatoms. The van der Waals surface area contributed by atoms with Crippen LogP contribution in [-0.4, -0.2) is 18.0 Å². The molecule has 0 radical (unpaired) electrons. The van der Waals surface area contributed by atoms with Crippen LogP contribution in [0.5, 0.6) is 0 Å². The third kappa shape index (κ3) is 4.45. The Morgan fingerprint density at radius 2 is 2.00 bits per heavy atom. The number of hydrogen-bond acceptors (Lipinski definition) is 2. The molecular formula is C14H21FN2O. The second-order valence-electron chi connectivity index (χ2n) is 4.84.